The summed E-state index contributed by atoms with van der Waals surface area (Å²) < 4.78 is 0. The maximum absolute atomic E-state index is 4.90. The molecule has 0 bridgehead atoms. The summed E-state index contributed by atoms with van der Waals surface area (Å²) in [5.74, 6) is 0. The predicted molar refractivity (Wildman–Crippen MR) is 132 cm³/mol. The van der Waals surface area contributed by atoms with Gasteiger partial charge in [-0.2, -0.15) is 22.2 Å². The van der Waals surface area contributed by atoms with E-state index in [1.54, 1.807) is 0 Å². The van der Waals surface area contributed by atoms with Crippen LogP contribution in [0.4, 0.5) is 0 Å². The minimum absolute atomic E-state index is 0.639. The van der Waals surface area contributed by atoms with Crippen molar-refractivity contribution in [3.05, 3.63) is 144 Å². The SMILES string of the molecule is Cl[SiH2]Cl.c1ccc(Cc2ccccc2)cc1.c1ccc(Cc2ccccc2)cc1. The molecule has 0 amide bonds. The molecule has 0 aliphatic rings. The Hall–Kier alpha value is -2.32. The molecule has 0 N–H and O–H groups in total. The lowest BCUT2D eigenvalue weighted by atomic mass is 10.1. The molecule has 148 valence electrons. The molecule has 0 nitrogen and oxygen atoms in total. The molecule has 0 aliphatic carbocycles. The van der Waals surface area contributed by atoms with Crippen LogP contribution in [0.15, 0.2) is 121 Å². The summed E-state index contributed by atoms with van der Waals surface area (Å²) in [7, 11) is -0.639. The first kappa shape index (κ1) is 23.0. The van der Waals surface area contributed by atoms with Gasteiger partial charge < -0.3 is 0 Å². The van der Waals surface area contributed by atoms with Crippen molar-refractivity contribution in [1.29, 1.82) is 0 Å². The lowest BCUT2D eigenvalue weighted by Gasteiger charge is -2.00. The minimum atomic E-state index is -0.639. The van der Waals surface area contributed by atoms with Crippen LogP contribution >= 0.6 is 22.2 Å². The van der Waals surface area contributed by atoms with Crippen molar-refractivity contribution in [2.24, 2.45) is 0 Å². The summed E-state index contributed by atoms with van der Waals surface area (Å²) in [5.41, 5.74) is 5.48. The van der Waals surface area contributed by atoms with E-state index < -0.39 is 8.14 Å². The molecule has 0 unspecified atom stereocenters. The van der Waals surface area contributed by atoms with Crippen molar-refractivity contribution < 1.29 is 0 Å². The highest BCUT2D eigenvalue weighted by molar-refractivity contribution is 7.22. The quantitative estimate of drug-likeness (QED) is 0.238. The van der Waals surface area contributed by atoms with E-state index in [1.165, 1.54) is 22.3 Å². The first-order valence-electron chi connectivity index (χ1n) is 9.59. The zero-order valence-electron chi connectivity index (χ0n) is 16.4. The average Bonchev–Trinajstić information content (AvgIpc) is 2.78. The number of benzene rings is 4. The minimum Gasteiger partial charge on any atom is -0.155 e. The fourth-order valence-electron chi connectivity index (χ4n) is 2.85. The van der Waals surface area contributed by atoms with Crippen molar-refractivity contribution in [2.75, 3.05) is 0 Å². The molecule has 0 aromatic heterocycles. The van der Waals surface area contributed by atoms with Gasteiger partial charge in [0.25, 0.3) is 0 Å². The second-order valence-corrected chi connectivity index (χ2v) is 9.02. The summed E-state index contributed by atoms with van der Waals surface area (Å²) in [5, 5.41) is 0. The second-order valence-electron chi connectivity index (χ2n) is 6.40. The lowest BCUT2D eigenvalue weighted by Crippen LogP contribution is -1.85. The van der Waals surface area contributed by atoms with Gasteiger partial charge in [0.1, 0.15) is 0 Å². The first-order chi connectivity index (χ1) is 14.3. The van der Waals surface area contributed by atoms with Crippen LogP contribution in [0.3, 0.4) is 0 Å². The van der Waals surface area contributed by atoms with Crippen molar-refractivity contribution in [3.8, 4) is 0 Å². The van der Waals surface area contributed by atoms with E-state index >= 15 is 0 Å². The highest BCUT2D eigenvalue weighted by Crippen LogP contribution is 2.08. The van der Waals surface area contributed by atoms with Gasteiger partial charge in [-0.25, -0.2) is 0 Å². The summed E-state index contributed by atoms with van der Waals surface area (Å²) in [6, 6.07) is 42.1. The van der Waals surface area contributed by atoms with Crippen LogP contribution in [0.1, 0.15) is 22.3 Å². The zero-order valence-corrected chi connectivity index (χ0v) is 19.4. The van der Waals surface area contributed by atoms with E-state index in [0.717, 1.165) is 12.8 Å². The molecular formula is C26H26Cl2Si. The summed E-state index contributed by atoms with van der Waals surface area (Å²) in [4.78, 5) is 0. The Morgan fingerprint density at radius 1 is 0.379 bits per heavy atom. The molecule has 0 heterocycles. The smallest absolute Gasteiger partial charge is 0.155 e. The Labute approximate surface area is 186 Å². The highest BCUT2D eigenvalue weighted by Gasteiger charge is 1.93. The van der Waals surface area contributed by atoms with Gasteiger partial charge in [-0.3, -0.25) is 0 Å². The summed E-state index contributed by atoms with van der Waals surface area (Å²) in [6.07, 6.45) is 2.06. The Balaban J connectivity index is 0.000000183. The molecule has 0 atom stereocenters. The van der Waals surface area contributed by atoms with E-state index in [2.05, 4.69) is 121 Å². The Morgan fingerprint density at radius 2 is 0.552 bits per heavy atom. The summed E-state index contributed by atoms with van der Waals surface area (Å²) in [6.45, 7) is 0. The van der Waals surface area contributed by atoms with E-state index in [-0.39, 0.29) is 0 Å². The third-order valence-corrected chi connectivity index (χ3v) is 4.19. The van der Waals surface area contributed by atoms with Crippen LogP contribution < -0.4 is 0 Å². The maximum atomic E-state index is 4.90. The topological polar surface area (TPSA) is 0 Å². The fraction of sp³-hybridized carbons (Fsp3) is 0.0769. The average molecular weight is 437 g/mol. The maximum Gasteiger partial charge on any atom is 0.222 e. The Morgan fingerprint density at radius 3 is 0.724 bits per heavy atom. The van der Waals surface area contributed by atoms with Gasteiger partial charge in [-0.05, 0) is 35.1 Å². The number of rotatable bonds is 4. The van der Waals surface area contributed by atoms with Gasteiger partial charge in [0, 0.05) is 0 Å². The normalized spacial score (nSPS) is 9.45. The molecule has 0 spiro atoms. The van der Waals surface area contributed by atoms with E-state index in [1.807, 2.05) is 0 Å². The third kappa shape index (κ3) is 10.1. The van der Waals surface area contributed by atoms with Gasteiger partial charge in [-0.1, -0.05) is 121 Å². The van der Waals surface area contributed by atoms with Gasteiger partial charge in [0.15, 0.2) is 0 Å². The fourth-order valence-corrected chi connectivity index (χ4v) is 2.85. The van der Waals surface area contributed by atoms with Gasteiger partial charge >= 0.3 is 0 Å². The highest BCUT2D eigenvalue weighted by atomic mass is 35.7. The zero-order chi connectivity index (χ0) is 20.6. The van der Waals surface area contributed by atoms with Crippen molar-refractivity contribution in [3.63, 3.8) is 0 Å². The second kappa shape index (κ2) is 14.6. The molecule has 4 rings (SSSR count). The number of hydrogen-bond acceptors (Lipinski definition) is 0. The summed E-state index contributed by atoms with van der Waals surface area (Å²) >= 11 is 9.81. The molecular weight excluding hydrogens is 411 g/mol. The largest absolute Gasteiger partial charge is 0.222 e. The van der Waals surface area contributed by atoms with Gasteiger partial charge in [0.2, 0.25) is 8.14 Å². The number of halogens is 2. The van der Waals surface area contributed by atoms with Crippen LogP contribution in [-0.4, -0.2) is 8.14 Å². The molecule has 0 fully saturated rings. The van der Waals surface area contributed by atoms with E-state index in [9.17, 15) is 0 Å². The molecule has 0 aliphatic heterocycles. The van der Waals surface area contributed by atoms with Crippen molar-refractivity contribution in [2.45, 2.75) is 12.8 Å². The monoisotopic (exact) mass is 436 g/mol. The molecule has 29 heavy (non-hydrogen) atoms. The van der Waals surface area contributed by atoms with Crippen LogP contribution in [-0.2, 0) is 12.8 Å². The molecule has 0 radical (unpaired) electrons. The molecule has 4 aromatic carbocycles. The van der Waals surface area contributed by atoms with Gasteiger partial charge in [0.05, 0.1) is 0 Å². The standard InChI is InChI=1S/2C13H12.Cl2H2Si/c2*1-3-7-12(8-4-1)11-13-9-5-2-6-10-13;1-3-2/h2*1-10H,11H2;3H2. The predicted octanol–water partition coefficient (Wildman–Crippen LogP) is 7.02. The van der Waals surface area contributed by atoms with Gasteiger partial charge in [-0.15, -0.1) is 0 Å². The van der Waals surface area contributed by atoms with Crippen LogP contribution in [0.25, 0.3) is 0 Å². The van der Waals surface area contributed by atoms with Crippen LogP contribution in [0.5, 0.6) is 0 Å². The third-order valence-electron chi connectivity index (χ3n) is 4.19. The first-order valence-corrected chi connectivity index (χ1v) is 13.9. The molecule has 4 aromatic rings. The lowest BCUT2D eigenvalue weighted by molar-refractivity contribution is 1.19. The molecule has 3 heteroatoms. The number of hydrogen-bond donors (Lipinski definition) is 0. The van der Waals surface area contributed by atoms with Crippen LogP contribution in [0.2, 0.25) is 0 Å². The van der Waals surface area contributed by atoms with Crippen LogP contribution in [0, 0.1) is 0 Å². The van der Waals surface area contributed by atoms with Crippen molar-refractivity contribution >= 4 is 30.3 Å². The Kier molecular flexibility index (Phi) is 11.6. The van der Waals surface area contributed by atoms with E-state index in [0.29, 0.717) is 0 Å². The van der Waals surface area contributed by atoms with Crippen molar-refractivity contribution in [1.82, 2.24) is 0 Å². The van der Waals surface area contributed by atoms with E-state index in [4.69, 9.17) is 22.2 Å². The molecule has 0 saturated heterocycles. The molecule has 0 saturated carbocycles. The Bertz CT molecular complexity index is 731.